The maximum atomic E-state index is 11.7. The molecule has 1 amide bonds. The van der Waals surface area contributed by atoms with Gasteiger partial charge in [0.1, 0.15) is 5.82 Å². The molecular formula is C11H13N5OS. The zero-order valence-corrected chi connectivity index (χ0v) is 10.7. The first-order valence-electron chi connectivity index (χ1n) is 5.43. The molecular weight excluding hydrogens is 250 g/mol. The second-order valence-electron chi connectivity index (χ2n) is 3.71. The summed E-state index contributed by atoms with van der Waals surface area (Å²) in [4.78, 5) is 16.0. The number of amides is 1. The van der Waals surface area contributed by atoms with Gasteiger partial charge in [0.15, 0.2) is 5.69 Å². The summed E-state index contributed by atoms with van der Waals surface area (Å²) in [6.07, 6.45) is 0.707. The van der Waals surface area contributed by atoms with Crippen LogP contribution in [-0.2, 0) is 6.42 Å². The number of aromatic nitrogens is 3. The quantitative estimate of drug-likeness (QED) is 0.850. The first-order valence-corrected chi connectivity index (χ1v) is 6.31. The number of hydrogen-bond donors (Lipinski definition) is 2. The third kappa shape index (κ3) is 3.24. The number of anilines is 1. The largest absolute Gasteiger partial charge is 0.382 e. The molecule has 0 saturated carbocycles. The second-order valence-corrected chi connectivity index (χ2v) is 4.77. The van der Waals surface area contributed by atoms with Gasteiger partial charge < -0.3 is 11.1 Å². The van der Waals surface area contributed by atoms with Gasteiger partial charge in [0.25, 0.3) is 5.91 Å². The first-order chi connectivity index (χ1) is 8.65. The number of hydrogen-bond acceptors (Lipinski definition) is 6. The number of nitrogens with two attached hydrogens (primary N) is 1. The molecule has 0 aliphatic carbocycles. The summed E-state index contributed by atoms with van der Waals surface area (Å²) in [6, 6.07) is 3.09. The molecule has 2 aromatic heterocycles. The molecule has 18 heavy (non-hydrogen) atoms. The Hall–Kier alpha value is -2.02. The Labute approximate surface area is 108 Å². The van der Waals surface area contributed by atoms with Crippen LogP contribution in [0.1, 0.15) is 21.2 Å². The van der Waals surface area contributed by atoms with Gasteiger partial charge in [-0.05, 0) is 19.1 Å². The van der Waals surface area contributed by atoms with Gasteiger partial charge in [-0.1, -0.05) is 0 Å². The molecule has 0 radical (unpaired) electrons. The molecule has 0 bridgehead atoms. The lowest BCUT2D eigenvalue weighted by atomic mass is 10.3. The van der Waals surface area contributed by atoms with Crippen molar-refractivity contribution in [2.45, 2.75) is 13.3 Å². The number of nitrogen functional groups attached to an aromatic ring is 1. The Bertz CT molecular complexity index is 537. The van der Waals surface area contributed by atoms with Crippen LogP contribution in [0.3, 0.4) is 0 Å². The van der Waals surface area contributed by atoms with E-state index in [1.807, 2.05) is 12.3 Å². The third-order valence-electron chi connectivity index (χ3n) is 2.25. The Morgan fingerprint density at radius 2 is 2.28 bits per heavy atom. The predicted octanol–water partition coefficient (Wildman–Crippen LogP) is 0.796. The Morgan fingerprint density at radius 1 is 1.44 bits per heavy atom. The SMILES string of the molecule is Cc1nc(CCNC(=O)c2ccc(N)nn2)cs1. The summed E-state index contributed by atoms with van der Waals surface area (Å²) in [6.45, 7) is 2.48. The fraction of sp³-hybridized carbons (Fsp3) is 0.273. The lowest BCUT2D eigenvalue weighted by Crippen LogP contribution is -2.26. The molecule has 3 N–H and O–H groups in total. The van der Waals surface area contributed by atoms with Crippen LogP contribution in [0.25, 0.3) is 0 Å². The van der Waals surface area contributed by atoms with Crippen molar-refractivity contribution in [2.75, 3.05) is 12.3 Å². The van der Waals surface area contributed by atoms with Gasteiger partial charge in [0.05, 0.1) is 10.7 Å². The van der Waals surface area contributed by atoms with E-state index in [2.05, 4.69) is 20.5 Å². The number of carbonyl (C=O) groups is 1. The number of thiazole rings is 1. The maximum absolute atomic E-state index is 11.7. The fourth-order valence-corrected chi connectivity index (χ4v) is 2.03. The molecule has 94 valence electrons. The fourth-order valence-electron chi connectivity index (χ4n) is 1.38. The number of aryl methyl sites for hydroxylation is 1. The summed E-state index contributed by atoms with van der Waals surface area (Å²) in [7, 11) is 0. The van der Waals surface area contributed by atoms with E-state index >= 15 is 0 Å². The normalized spacial score (nSPS) is 10.3. The number of rotatable bonds is 4. The van der Waals surface area contributed by atoms with Gasteiger partial charge in [-0.15, -0.1) is 21.5 Å². The van der Waals surface area contributed by atoms with Crippen molar-refractivity contribution >= 4 is 23.1 Å². The van der Waals surface area contributed by atoms with Gasteiger partial charge in [-0.25, -0.2) is 4.98 Å². The van der Waals surface area contributed by atoms with Crippen molar-refractivity contribution in [2.24, 2.45) is 0 Å². The summed E-state index contributed by atoms with van der Waals surface area (Å²) in [5.74, 6) is 0.0407. The Balaban J connectivity index is 1.83. The molecule has 0 saturated heterocycles. The van der Waals surface area contributed by atoms with Gasteiger partial charge in [0, 0.05) is 18.3 Å². The minimum absolute atomic E-state index is 0.255. The molecule has 0 aliphatic rings. The van der Waals surface area contributed by atoms with E-state index in [-0.39, 0.29) is 11.6 Å². The van der Waals surface area contributed by atoms with E-state index in [9.17, 15) is 4.79 Å². The van der Waals surface area contributed by atoms with E-state index in [4.69, 9.17) is 5.73 Å². The maximum Gasteiger partial charge on any atom is 0.271 e. The van der Waals surface area contributed by atoms with Crippen molar-refractivity contribution in [3.63, 3.8) is 0 Å². The zero-order chi connectivity index (χ0) is 13.0. The minimum atomic E-state index is -0.255. The van der Waals surface area contributed by atoms with Gasteiger partial charge in [-0.2, -0.15) is 0 Å². The van der Waals surface area contributed by atoms with Crippen LogP contribution in [0.4, 0.5) is 5.82 Å². The molecule has 6 nitrogen and oxygen atoms in total. The minimum Gasteiger partial charge on any atom is -0.382 e. The van der Waals surface area contributed by atoms with E-state index < -0.39 is 0 Å². The van der Waals surface area contributed by atoms with E-state index in [1.54, 1.807) is 23.5 Å². The van der Waals surface area contributed by atoms with Crippen LogP contribution >= 0.6 is 11.3 Å². The van der Waals surface area contributed by atoms with Crippen molar-refractivity contribution in [1.29, 1.82) is 0 Å². The highest BCUT2D eigenvalue weighted by Crippen LogP contribution is 2.07. The number of carbonyl (C=O) groups excluding carboxylic acids is 1. The highest BCUT2D eigenvalue weighted by molar-refractivity contribution is 7.09. The standard InChI is InChI=1S/C11H13N5OS/c1-7-14-8(6-18-7)4-5-13-11(17)9-2-3-10(12)16-15-9/h2-3,6H,4-5H2,1H3,(H2,12,16)(H,13,17). The summed E-state index contributed by atoms with van der Waals surface area (Å²) >= 11 is 1.60. The highest BCUT2D eigenvalue weighted by Gasteiger charge is 2.07. The van der Waals surface area contributed by atoms with Crippen LogP contribution in [0.15, 0.2) is 17.5 Å². The zero-order valence-electron chi connectivity index (χ0n) is 9.88. The summed E-state index contributed by atoms with van der Waals surface area (Å²) in [5, 5.41) is 13.1. The van der Waals surface area contributed by atoms with Crippen molar-refractivity contribution in [1.82, 2.24) is 20.5 Å². The molecule has 0 atom stereocenters. The Kier molecular flexibility index (Phi) is 3.83. The summed E-state index contributed by atoms with van der Waals surface area (Å²) < 4.78 is 0. The van der Waals surface area contributed by atoms with E-state index in [1.165, 1.54) is 0 Å². The third-order valence-corrected chi connectivity index (χ3v) is 3.07. The van der Waals surface area contributed by atoms with Crippen LogP contribution in [0, 0.1) is 6.92 Å². The highest BCUT2D eigenvalue weighted by atomic mass is 32.1. The molecule has 0 fully saturated rings. The second kappa shape index (κ2) is 5.54. The number of nitrogens with one attached hydrogen (secondary N) is 1. The molecule has 7 heteroatoms. The van der Waals surface area contributed by atoms with Gasteiger partial charge in [-0.3, -0.25) is 4.79 Å². The van der Waals surface area contributed by atoms with Crippen LogP contribution in [0.2, 0.25) is 0 Å². The molecule has 2 heterocycles. The smallest absolute Gasteiger partial charge is 0.271 e. The summed E-state index contributed by atoms with van der Waals surface area (Å²) in [5.41, 5.74) is 6.64. The predicted molar refractivity (Wildman–Crippen MR) is 69.3 cm³/mol. The monoisotopic (exact) mass is 263 g/mol. The van der Waals surface area contributed by atoms with Gasteiger partial charge in [0.2, 0.25) is 0 Å². The van der Waals surface area contributed by atoms with Crippen LogP contribution in [0.5, 0.6) is 0 Å². The molecule has 0 aromatic carbocycles. The van der Waals surface area contributed by atoms with Crippen molar-refractivity contribution in [3.8, 4) is 0 Å². The van der Waals surface area contributed by atoms with Crippen molar-refractivity contribution in [3.05, 3.63) is 33.9 Å². The van der Waals surface area contributed by atoms with Crippen molar-refractivity contribution < 1.29 is 4.79 Å². The van der Waals surface area contributed by atoms with Gasteiger partial charge >= 0.3 is 0 Å². The Morgan fingerprint density at radius 3 is 2.89 bits per heavy atom. The van der Waals surface area contributed by atoms with Crippen LogP contribution in [-0.4, -0.2) is 27.6 Å². The lowest BCUT2D eigenvalue weighted by Gasteiger charge is -2.02. The molecule has 0 aliphatic heterocycles. The average molecular weight is 263 g/mol. The number of nitrogens with zero attached hydrogens (tertiary/aromatic N) is 3. The molecule has 2 rings (SSSR count). The first kappa shape index (κ1) is 12.4. The van der Waals surface area contributed by atoms with Crippen LogP contribution < -0.4 is 11.1 Å². The van der Waals surface area contributed by atoms with E-state index in [0.29, 0.717) is 18.8 Å². The topological polar surface area (TPSA) is 93.8 Å². The van der Waals surface area contributed by atoms with E-state index in [0.717, 1.165) is 10.7 Å². The molecule has 0 unspecified atom stereocenters. The molecule has 2 aromatic rings. The average Bonchev–Trinajstić information content (AvgIpc) is 2.76. The lowest BCUT2D eigenvalue weighted by molar-refractivity contribution is 0.0948. The molecule has 0 spiro atoms.